The molecule has 2 amide bonds. The SMILES string of the molecule is Cc1ccccc1OCC(=O)Nc1cccc(NC(=O)COc2ccccc2)c1. The number of hydrogen-bond donors (Lipinski definition) is 2. The van der Waals surface area contributed by atoms with Crippen LogP contribution in [0.2, 0.25) is 0 Å². The predicted octanol–water partition coefficient (Wildman–Crippen LogP) is 4.03. The number of ether oxygens (including phenoxy) is 2. The van der Waals surface area contributed by atoms with Gasteiger partial charge in [-0.15, -0.1) is 0 Å². The van der Waals surface area contributed by atoms with E-state index in [2.05, 4.69) is 10.6 Å². The molecule has 0 unspecified atom stereocenters. The Bertz CT molecular complexity index is 973. The minimum Gasteiger partial charge on any atom is -0.484 e. The molecule has 0 aliphatic rings. The summed E-state index contributed by atoms with van der Waals surface area (Å²) in [6.07, 6.45) is 0. The molecule has 3 aromatic rings. The van der Waals surface area contributed by atoms with E-state index in [1.807, 2.05) is 49.4 Å². The summed E-state index contributed by atoms with van der Waals surface area (Å²) in [7, 11) is 0. The van der Waals surface area contributed by atoms with E-state index in [-0.39, 0.29) is 25.0 Å². The molecule has 6 nitrogen and oxygen atoms in total. The highest BCUT2D eigenvalue weighted by Gasteiger charge is 2.08. The lowest BCUT2D eigenvalue weighted by Gasteiger charge is -2.11. The maximum Gasteiger partial charge on any atom is 0.262 e. The molecule has 6 heteroatoms. The second-order valence-corrected chi connectivity index (χ2v) is 6.33. The standard InChI is InChI=1S/C23H22N2O4/c1-17-8-5-6-13-21(17)29-16-23(27)25-19-10-7-9-18(14-19)24-22(26)15-28-20-11-3-2-4-12-20/h2-14H,15-16H2,1H3,(H,24,26)(H,25,27). The zero-order valence-electron chi connectivity index (χ0n) is 16.1. The topological polar surface area (TPSA) is 76.7 Å². The van der Waals surface area contributed by atoms with E-state index in [4.69, 9.17) is 9.47 Å². The Morgan fingerprint density at radius 3 is 1.97 bits per heavy atom. The van der Waals surface area contributed by atoms with E-state index in [1.54, 1.807) is 36.4 Å². The van der Waals surface area contributed by atoms with Gasteiger partial charge in [0.15, 0.2) is 13.2 Å². The number of benzene rings is 3. The highest BCUT2D eigenvalue weighted by Crippen LogP contribution is 2.17. The number of anilines is 2. The molecular formula is C23H22N2O4. The Labute approximate surface area is 169 Å². The highest BCUT2D eigenvalue weighted by molar-refractivity contribution is 5.95. The monoisotopic (exact) mass is 390 g/mol. The summed E-state index contributed by atoms with van der Waals surface area (Å²) in [5.41, 5.74) is 2.08. The Hall–Kier alpha value is -3.80. The van der Waals surface area contributed by atoms with Crippen molar-refractivity contribution in [3.05, 3.63) is 84.4 Å². The van der Waals surface area contributed by atoms with Gasteiger partial charge in [0.05, 0.1) is 0 Å². The molecule has 0 aliphatic heterocycles. The van der Waals surface area contributed by atoms with Crippen LogP contribution in [0.25, 0.3) is 0 Å². The Morgan fingerprint density at radius 1 is 0.724 bits per heavy atom. The van der Waals surface area contributed by atoms with Crippen LogP contribution in [0.15, 0.2) is 78.9 Å². The van der Waals surface area contributed by atoms with Gasteiger partial charge in [0.1, 0.15) is 11.5 Å². The summed E-state index contributed by atoms with van der Waals surface area (Å²) >= 11 is 0. The molecule has 0 aliphatic carbocycles. The number of carbonyl (C=O) groups excluding carboxylic acids is 2. The van der Waals surface area contributed by atoms with Crippen LogP contribution in [0.1, 0.15) is 5.56 Å². The minimum atomic E-state index is -0.291. The van der Waals surface area contributed by atoms with E-state index >= 15 is 0 Å². The molecule has 0 aromatic heterocycles. The van der Waals surface area contributed by atoms with Gasteiger partial charge in [-0.05, 0) is 48.9 Å². The van der Waals surface area contributed by atoms with Gasteiger partial charge in [-0.3, -0.25) is 9.59 Å². The molecule has 0 fully saturated rings. The van der Waals surface area contributed by atoms with Crippen LogP contribution in [0.4, 0.5) is 11.4 Å². The maximum atomic E-state index is 12.1. The molecule has 0 bridgehead atoms. The van der Waals surface area contributed by atoms with Crippen LogP contribution in [-0.2, 0) is 9.59 Å². The molecule has 0 saturated heterocycles. The van der Waals surface area contributed by atoms with Crippen molar-refractivity contribution in [3.63, 3.8) is 0 Å². The first-order valence-electron chi connectivity index (χ1n) is 9.16. The van der Waals surface area contributed by atoms with Crippen LogP contribution >= 0.6 is 0 Å². The summed E-state index contributed by atoms with van der Waals surface area (Å²) in [5, 5.41) is 5.50. The zero-order valence-corrected chi connectivity index (χ0v) is 16.1. The normalized spacial score (nSPS) is 10.1. The van der Waals surface area contributed by atoms with Gasteiger partial charge >= 0.3 is 0 Å². The van der Waals surface area contributed by atoms with Crippen molar-refractivity contribution in [2.45, 2.75) is 6.92 Å². The van der Waals surface area contributed by atoms with Crippen molar-refractivity contribution in [2.24, 2.45) is 0 Å². The van der Waals surface area contributed by atoms with Crippen LogP contribution in [-0.4, -0.2) is 25.0 Å². The van der Waals surface area contributed by atoms with E-state index in [0.717, 1.165) is 5.56 Å². The summed E-state index contributed by atoms with van der Waals surface area (Å²) in [5.74, 6) is 0.712. The van der Waals surface area contributed by atoms with Crippen LogP contribution in [0.5, 0.6) is 11.5 Å². The molecule has 2 N–H and O–H groups in total. The molecule has 0 spiro atoms. The second-order valence-electron chi connectivity index (χ2n) is 6.33. The van der Waals surface area contributed by atoms with Crippen LogP contribution < -0.4 is 20.1 Å². The lowest BCUT2D eigenvalue weighted by molar-refractivity contribution is -0.118. The van der Waals surface area contributed by atoms with Crippen molar-refractivity contribution in [1.29, 1.82) is 0 Å². The molecular weight excluding hydrogens is 368 g/mol. The van der Waals surface area contributed by atoms with Crippen LogP contribution in [0.3, 0.4) is 0 Å². The third kappa shape index (κ3) is 6.39. The summed E-state index contributed by atoms with van der Waals surface area (Å²) < 4.78 is 11.0. The van der Waals surface area contributed by atoms with Crippen LogP contribution in [0, 0.1) is 6.92 Å². The summed E-state index contributed by atoms with van der Waals surface area (Å²) in [6, 6.07) is 23.5. The predicted molar refractivity (Wildman–Crippen MR) is 112 cm³/mol. The summed E-state index contributed by atoms with van der Waals surface area (Å²) in [6.45, 7) is 1.71. The first kappa shape index (κ1) is 19.9. The van der Waals surface area contributed by atoms with Crippen molar-refractivity contribution in [1.82, 2.24) is 0 Å². The van der Waals surface area contributed by atoms with Crippen molar-refractivity contribution >= 4 is 23.2 Å². The number of amides is 2. The fourth-order valence-electron chi connectivity index (χ4n) is 2.60. The van der Waals surface area contributed by atoms with Crippen molar-refractivity contribution in [3.8, 4) is 11.5 Å². The first-order chi connectivity index (χ1) is 14.1. The molecule has 0 radical (unpaired) electrons. The smallest absolute Gasteiger partial charge is 0.262 e. The van der Waals surface area contributed by atoms with E-state index in [9.17, 15) is 9.59 Å². The second kappa shape index (κ2) is 9.94. The number of carbonyl (C=O) groups is 2. The molecule has 29 heavy (non-hydrogen) atoms. The Morgan fingerprint density at radius 2 is 1.31 bits per heavy atom. The number of rotatable bonds is 8. The van der Waals surface area contributed by atoms with Gasteiger partial charge in [-0.2, -0.15) is 0 Å². The third-order valence-electron chi connectivity index (χ3n) is 4.00. The third-order valence-corrected chi connectivity index (χ3v) is 4.00. The highest BCUT2D eigenvalue weighted by atomic mass is 16.5. The lowest BCUT2D eigenvalue weighted by Crippen LogP contribution is -2.21. The van der Waals surface area contributed by atoms with Crippen molar-refractivity contribution in [2.75, 3.05) is 23.8 Å². The maximum absolute atomic E-state index is 12.1. The molecule has 0 atom stereocenters. The van der Waals surface area contributed by atoms with E-state index in [0.29, 0.717) is 22.9 Å². The number of aryl methyl sites for hydroxylation is 1. The van der Waals surface area contributed by atoms with Gasteiger partial charge in [0, 0.05) is 11.4 Å². The molecule has 148 valence electrons. The number of hydrogen-bond acceptors (Lipinski definition) is 4. The number of nitrogens with one attached hydrogen (secondary N) is 2. The zero-order chi connectivity index (χ0) is 20.5. The first-order valence-corrected chi connectivity index (χ1v) is 9.16. The van der Waals surface area contributed by atoms with E-state index < -0.39 is 0 Å². The van der Waals surface area contributed by atoms with Crippen molar-refractivity contribution < 1.29 is 19.1 Å². The minimum absolute atomic E-state index is 0.105. The lowest BCUT2D eigenvalue weighted by atomic mass is 10.2. The molecule has 0 heterocycles. The number of para-hydroxylation sites is 2. The van der Waals surface area contributed by atoms with Gasteiger partial charge < -0.3 is 20.1 Å². The molecule has 0 saturated carbocycles. The van der Waals surface area contributed by atoms with Gasteiger partial charge in [0.2, 0.25) is 0 Å². The summed E-state index contributed by atoms with van der Waals surface area (Å²) in [4.78, 5) is 24.2. The Kier molecular flexibility index (Phi) is 6.84. The average molecular weight is 390 g/mol. The molecule has 3 rings (SSSR count). The fraction of sp³-hybridized carbons (Fsp3) is 0.130. The largest absolute Gasteiger partial charge is 0.484 e. The van der Waals surface area contributed by atoms with E-state index in [1.165, 1.54) is 0 Å². The van der Waals surface area contributed by atoms with Gasteiger partial charge in [-0.25, -0.2) is 0 Å². The van der Waals surface area contributed by atoms with Gasteiger partial charge in [0.25, 0.3) is 11.8 Å². The van der Waals surface area contributed by atoms with Gasteiger partial charge in [-0.1, -0.05) is 42.5 Å². The quantitative estimate of drug-likeness (QED) is 0.609. The Balaban J connectivity index is 1.49. The fourth-order valence-corrected chi connectivity index (χ4v) is 2.60. The average Bonchev–Trinajstić information content (AvgIpc) is 2.73. The molecule has 3 aromatic carbocycles.